The molecule has 0 aliphatic heterocycles. The van der Waals surface area contributed by atoms with Gasteiger partial charge >= 0.3 is 0 Å². The van der Waals surface area contributed by atoms with E-state index >= 15 is 0 Å². The van der Waals surface area contributed by atoms with Gasteiger partial charge in [0, 0.05) is 11.6 Å². The molecule has 3 aromatic rings. The molecule has 0 atom stereocenters. The number of pyridine rings is 1. The Balaban J connectivity index is 2.04. The molecular weight excluding hydrogens is 404 g/mol. The molecule has 0 saturated heterocycles. The smallest absolute Gasteiger partial charge is 0.282 e. The molecule has 0 amide bonds. The van der Waals surface area contributed by atoms with Gasteiger partial charge in [0.2, 0.25) is 5.88 Å². The maximum atomic E-state index is 13.3. The highest BCUT2D eigenvalue weighted by molar-refractivity contribution is 7.85. The summed E-state index contributed by atoms with van der Waals surface area (Å²) in [6.45, 7) is 1.62. The van der Waals surface area contributed by atoms with Crippen LogP contribution in [0.3, 0.4) is 0 Å². The zero-order chi connectivity index (χ0) is 21.0. The van der Waals surface area contributed by atoms with Gasteiger partial charge in [-0.25, -0.2) is 18.4 Å². The normalized spacial score (nSPS) is 11.8. The van der Waals surface area contributed by atoms with Crippen molar-refractivity contribution in [2.75, 3.05) is 13.7 Å². The molecule has 1 aromatic carbocycles. The van der Waals surface area contributed by atoms with E-state index in [-0.39, 0.29) is 12.4 Å². The summed E-state index contributed by atoms with van der Waals surface area (Å²) in [5, 5.41) is 3.99. The Morgan fingerprint density at radius 3 is 2.59 bits per heavy atom. The van der Waals surface area contributed by atoms with E-state index in [1.165, 1.54) is 24.1 Å². The lowest BCUT2D eigenvalue weighted by Crippen LogP contribution is -2.08. The Labute approximate surface area is 167 Å². The third-order valence-corrected chi connectivity index (χ3v) is 5.27. The first-order valence-corrected chi connectivity index (χ1v) is 10.3. The Morgan fingerprint density at radius 1 is 1.17 bits per heavy atom. The van der Waals surface area contributed by atoms with Gasteiger partial charge in [-0.05, 0) is 30.7 Å². The van der Waals surface area contributed by atoms with Crippen LogP contribution in [0.2, 0.25) is 0 Å². The fourth-order valence-corrected chi connectivity index (χ4v) is 3.80. The highest BCUT2D eigenvalue weighted by Gasteiger charge is 2.19. The Morgan fingerprint density at radius 2 is 1.97 bits per heavy atom. The molecular formula is C19H19F2N3O4S. The molecule has 0 bridgehead atoms. The van der Waals surface area contributed by atoms with E-state index in [0.29, 0.717) is 28.4 Å². The van der Waals surface area contributed by atoms with E-state index in [2.05, 4.69) is 10.1 Å². The molecule has 7 nitrogen and oxygen atoms in total. The second-order valence-electron chi connectivity index (χ2n) is 6.03. The van der Waals surface area contributed by atoms with Crippen LogP contribution in [0, 0.1) is 0 Å². The van der Waals surface area contributed by atoms with E-state index in [9.17, 15) is 17.2 Å². The number of nitrogens with zero attached hydrogens (tertiary/aromatic N) is 3. The summed E-state index contributed by atoms with van der Waals surface area (Å²) >= 11 is 0. The predicted octanol–water partition coefficient (Wildman–Crippen LogP) is 3.75. The number of hydrogen-bond acceptors (Lipinski definition) is 6. The van der Waals surface area contributed by atoms with Crippen molar-refractivity contribution in [1.29, 1.82) is 0 Å². The maximum Gasteiger partial charge on any atom is 0.282 e. The molecule has 0 unspecified atom stereocenters. The second kappa shape index (κ2) is 8.66. The van der Waals surface area contributed by atoms with Gasteiger partial charge in [0.25, 0.3) is 16.5 Å². The largest absolute Gasteiger partial charge is 0.481 e. The summed E-state index contributed by atoms with van der Waals surface area (Å²) in [6.07, 6.45) is -1.31. The minimum atomic E-state index is -3.73. The van der Waals surface area contributed by atoms with Crippen molar-refractivity contribution in [2.24, 2.45) is 0 Å². The van der Waals surface area contributed by atoms with Gasteiger partial charge in [0.05, 0.1) is 31.3 Å². The van der Waals surface area contributed by atoms with Crippen LogP contribution in [-0.2, 0) is 20.1 Å². The third kappa shape index (κ3) is 4.96. The first-order valence-electron chi connectivity index (χ1n) is 8.68. The van der Waals surface area contributed by atoms with Gasteiger partial charge in [0.15, 0.2) is 0 Å². The lowest BCUT2D eigenvalue weighted by Gasteiger charge is -2.10. The standard InChI is InChI=1S/C19H19F2N3O4S/c1-3-28-29(25,26)12-13-5-4-6-14(9-13)17-10-16(19(20)21)23-24(17)15-7-8-18(27-2)22-11-15/h4-11,19H,3,12H2,1-2H3. The number of alkyl halides is 2. The molecule has 29 heavy (non-hydrogen) atoms. The average Bonchev–Trinajstić information content (AvgIpc) is 3.13. The van der Waals surface area contributed by atoms with E-state index in [0.717, 1.165) is 0 Å². The average molecular weight is 423 g/mol. The van der Waals surface area contributed by atoms with Gasteiger partial charge in [-0.2, -0.15) is 13.5 Å². The molecule has 0 N–H and O–H groups in total. The number of ether oxygens (including phenoxy) is 1. The van der Waals surface area contributed by atoms with Gasteiger partial charge in [-0.3, -0.25) is 4.18 Å². The van der Waals surface area contributed by atoms with Crippen molar-refractivity contribution in [2.45, 2.75) is 19.1 Å². The number of halogens is 2. The molecule has 0 aliphatic rings. The van der Waals surface area contributed by atoms with E-state index in [1.807, 2.05) is 0 Å². The van der Waals surface area contributed by atoms with Crippen LogP contribution in [0.1, 0.15) is 24.6 Å². The van der Waals surface area contributed by atoms with Crippen LogP contribution in [0.4, 0.5) is 8.78 Å². The van der Waals surface area contributed by atoms with Crippen LogP contribution in [0.25, 0.3) is 16.9 Å². The van der Waals surface area contributed by atoms with Crippen LogP contribution in [0.5, 0.6) is 5.88 Å². The third-order valence-electron chi connectivity index (χ3n) is 3.99. The van der Waals surface area contributed by atoms with Gasteiger partial charge in [-0.15, -0.1) is 0 Å². The number of methoxy groups -OCH3 is 1. The minimum absolute atomic E-state index is 0.0387. The molecule has 0 radical (unpaired) electrons. The SMILES string of the molecule is CCOS(=O)(=O)Cc1cccc(-c2cc(C(F)F)nn2-c2ccc(OC)nc2)c1. The molecule has 0 aliphatic carbocycles. The Hall–Kier alpha value is -2.85. The van der Waals surface area contributed by atoms with Crippen LogP contribution in [0.15, 0.2) is 48.7 Å². The van der Waals surface area contributed by atoms with Crippen molar-refractivity contribution in [1.82, 2.24) is 14.8 Å². The monoisotopic (exact) mass is 423 g/mol. The van der Waals surface area contributed by atoms with Gasteiger partial charge in [0.1, 0.15) is 11.4 Å². The lowest BCUT2D eigenvalue weighted by atomic mass is 10.1. The summed E-state index contributed by atoms with van der Waals surface area (Å²) < 4.78 is 61.6. The van der Waals surface area contributed by atoms with Gasteiger partial charge < -0.3 is 4.74 Å². The fourth-order valence-electron chi connectivity index (χ4n) is 2.77. The quantitative estimate of drug-likeness (QED) is 0.513. The molecule has 2 heterocycles. The molecule has 0 spiro atoms. The van der Waals surface area contributed by atoms with E-state index < -0.39 is 22.2 Å². The van der Waals surface area contributed by atoms with E-state index in [1.54, 1.807) is 43.3 Å². The summed E-state index contributed by atoms with van der Waals surface area (Å²) in [4.78, 5) is 4.08. The zero-order valence-electron chi connectivity index (χ0n) is 15.7. The number of hydrogen-bond donors (Lipinski definition) is 0. The second-order valence-corrected chi connectivity index (χ2v) is 7.67. The van der Waals surface area contributed by atoms with Crippen LogP contribution >= 0.6 is 0 Å². The van der Waals surface area contributed by atoms with Gasteiger partial charge in [-0.1, -0.05) is 18.2 Å². The van der Waals surface area contributed by atoms with Crippen LogP contribution in [-0.4, -0.2) is 36.9 Å². The van der Waals surface area contributed by atoms with Crippen molar-refractivity contribution in [3.05, 3.63) is 59.9 Å². The fraction of sp³-hybridized carbons (Fsp3) is 0.263. The van der Waals surface area contributed by atoms with Crippen LogP contribution < -0.4 is 4.74 Å². The molecule has 10 heteroatoms. The topological polar surface area (TPSA) is 83.3 Å². The summed E-state index contributed by atoms with van der Waals surface area (Å²) in [5.41, 5.74) is 1.44. The Bertz CT molecular complexity index is 1080. The molecule has 2 aromatic heterocycles. The zero-order valence-corrected chi connectivity index (χ0v) is 16.6. The molecule has 0 saturated carbocycles. The lowest BCUT2D eigenvalue weighted by molar-refractivity contribution is 0.145. The molecule has 3 rings (SSSR count). The van der Waals surface area contributed by atoms with Crippen molar-refractivity contribution in [3.8, 4) is 22.8 Å². The summed E-state index contributed by atoms with van der Waals surface area (Å²) in [7, 11) is -2.26. The van der Waals surface area contributed by atoms with Crippen molar-refractivity contribution < 1.29 is 26.1 Å². The first kappa shape index (κ1) is 20.9. The number of aromatic nitrogens is 3. The van der Waals surface area contributed by atoms with Crippen molar-refractivity contribution >= 4 is 10.1 Å². The predicted molar refractivity (Wildman–Crippen MR) is 103 cm³/mol. The van der Waals surface area contributed by atoms with E-state index in [4.69, 9.17) is 8.92 Å². The molecule has 0 fully saturated rings. The minimum Gasteiger partial charge on any atom is -0.481 e. The highest BCUT2D eigenvalue weighted by Crippen LogP contribution is 2.29. The molecule has 154 valence electrons. The summed E-state index contributed by atoms with van der Waals surface area (Å²) in [6, 6.07) is 11.1. The Kier molecular flexibility index (Phi) is 6.23. The summed E-state index contributed by atoms with van der Waals surface area (Å²) in [5.74, 6) is 0.0499. The highest BCUT2D eigenvalue weighted by atomic mass is 32.2. The first-order chi connectivity index (χ1) is 13.8. The van der Waals surface area contributed by atoms with Crippen molar-refractivity contribution in [3.63, 3.8) is 0 Å². The number of benzene rings is 1. The maximum absolute atomic E-state index is 13.3. The number of rotatable bonds is 8.